The summed E-state index contributed by atoms with van der Waals surface area (Å²) in [4.78, 5) is 17.2. The summed E-state index contributed by atoms with van der Waals surface area (Å²) < 4.78 is 0. The normalized spacial score (nSPS) is 13.4. The average Bonchev–Trinajstić information content (AvgIpc) is 2.99. The third-order valence-electron chi connectivity index (χ3n) is 3.29. The lowest BCUT2D eigenvalue weighted by molar-refractivity contribution is 0.236. The minimum absolute atomic E-state index is 0.0272. The molecule has 0 aliphatic heterocycles. The second-order valence-electron chi connectivity index (χ2n) is 5.25. The van der Waals surface area contributed by atoms with Crippen molar-refractivity contribution in [2.75, 3.05) is 6.54 Å². The first-order chi connectivity index (χ1) is 10.1. The van der Waals surface area contributed by atoms with Gasteiger partial charge in [-0.05, 0) is 48.4 Å². The Balaban J connectivity index is 1.72. The van der Waals surface area contributed by atoms with Crippen LogP contribution in [0.25, 0.3) is 0 Å². The zero-order chi connectivity index (χ0) is 15.1. The molecule has 21 heavy (non-hydrogen) atoms. The van der Waals surface area contributed by atoms with Gasteiger partial charge in [-0.15, -0.1) is 11.3 Å². The summed E-state index contributed by atoms with van der Waals surface area (Å²) in [5.74, 6) is 0.422. The molecule has 2 unspecified atom stereocenters. The molecule has 4 nitrogen and oxygen atoms in total. The molecule has 5 heteroatoms. The minimum atomic E-state index is -0.127. The maximum Gasteiger partial charge on any atom is 0.315 e. The molecule has 0 spiro atoms. The highest BCUT2D eigenvalue weighted by Crippen LogP contribution is 2.14. The largest absolute Gasteiger partial charge is 0.338 e. The van der Waals surface area contributed by atoms with Crippen molar-refractivity contribution in [1.29, 1.82) is 0 Å². The van der Waals surface area contributed by atoms with Gasteiger partial charge in [-0.2, -0.15) is 0 Å². The number of carbonyl (C=O) groups excluding carboxylic acids is 1. The number of aromatic nitrogens is 1. The van der Waals surface area contributed by atoms with Crippen molar-refractivity contribution < 1.29 is 4.79 Å². The molecule has 0 saturated heterocycles. The molecule has 2 heterocycles. The van der Waals surface area contributed by atoms with E-state index in [4.69, 9.17) is 0 Å². The smallest absolute Gasteiger partial charge is 0.315 e. The van der Waals surface area contributed by atoms with Gasteiger partial charge in [-0.25, -0.2) is 4.79 Å². The van der Waals surface area contributed by atoms with E-state index in [0.29, 0.717) is 12.5 Å². The molecule has 0 fully saturated rings. The van der Waals surface area contributed by atoms with Crippen LogP contribution in [-0.2, 0) is 6.42 Å². The van der Waals surface area contributed by atoms with Crippen molar-refractivity contribution in [1.82, 2.24) is 15.6 Å². The van der Waals surface area contributed by atoms with E-state index in [-0.39, 0.29) is 12.1 Å². The van der Waals surface area contributed by atoms with Crippen LogP contribution in [-0.4, -0.2) is 17.6 Å². The molecule has 2 aromatic heterocycles. The Labute approximate surface area is 129 Å². The van der Waals surface area contributed by atoms with E-state index in [1.54, 1.807) is 23.7 Å². The van der Waals surface area contributed by atoms with Crippen LogP contribution in [0.1, 0.15) is 30.3 Å². The van der Waals surface area contributed by atoms with E-state index in [9.17, 15) is 4.79 Å². The molecule has 0 aromatic carbocycles. The first-order valence-electron chi connectivity index (χ1n) is 7.12. The van der Waals surface area contributed by atoms with Crippen LogP contribution >= 0.6 is 11.3 Å². The quantitative estimate of drug-likeness (QED) is 0.859. The van der Waals surface area contributed by atoms with Gasteiger partial charge in [0.15, 0.2) is 0 Å². The summed E-state index contributed by atoms with van der Waals surface area (Å²) in [5, 5.41) is 7.95. The van der Waals surface area contributed by atoms with Crippen LogP contribution in [0, 0.1) is 5.92 Å². The van der Waals surface area contributed by atoms with Crippen LogP contribution in [0.2, 0.25) is 0 Å². The van der Waals surface area contributed by atoms with Gasteiger partial charge < -0.3 is 10.6 Å². The molecule has 2 rings (SSSR count). The lowest BCUT2D eigenvalue weighted by Crippen LogP contribution is -2.39. The Morgan fingerprint density at radius 3 is 2.71 bits per heavy atom. The van der Waals surface area contributed by atoms with Gasteiger partial charge in [-0.3, -0.25) is 4.98 Å². The third-order valence-corrected chi connectivity index (χ3v) is 4.19. The predicted molar refractivity (Wildman–Crippen MR) is 86.4 cm³/mol. The molecule has 0 aliphatic rings. The zero-order valence-electron chi connectivity index (χ0n) is 12.4. The number of rotatable bonds is 6. The molecular formula is C16H21N3OS. The monoisotopic (exact) mass is 303 g/mol. The van der Waals surface area contributed by atoms with E-state index >= 15 is 0 Å². The number of thiophene rings is 1. The number of amides is 2. The van der Waals surface area contributed by atoms with Crippen LogP contribution in [0.5, 0.6) is 0 Å². The van der Waals surface area contributed by atoms with E-state index in [2.05, 4.69) is 40.1 Å². The maximum atomic E-state index is 11.9. The first-order valence-corrected chi connectivity index (χ1v) is 8.00. The number of hydrogen-bond acceptors (Lipinski definition) is 3. The number of urea groups is 1. The van der Waals surface area contributed by atoms with Gasteiger partial charge >= 0.3 is 6.03 Å². The summed E-state index contributed by atoms with van der Waals surface area (Å²) in [6, 6.07) is 7.85. The van der Waals surface area contributed by atoms with E-state index in [1.807, 2.05) is 19.1 Å². The van der Waals surface area contributed by atoms with Gasteiger partial charge in [0.2, 0.25) is 0 Å². The number of nitrogens with zero attached hydrogens (tertiary/aromatic N) is 1. The Kier molecular flexibility index (Phi) is 5.75. The summed E-state index contributed by atoms with van der Waals surface area (Å²) >= 11 is 1.76. The minimum Gasteiger partial charge on any atom is -0.338 e. The molecule has 0 bridgehead atoms. The maximum absolute atomic E-state index is 11.9. The van der Waals surface area contributed by atoms with Gasteiger partial charge in [0.25, 0.3) is 0 Å². The van der Waals surface area contributed by atoms with Crippen molar-refractivity contribution in [2.24, 2.45) is 5.92 Å². The Morgan fingerprint density at radius 1 is 1.29 bits per heavy atom. The predicted octanol–water partition coefficient (Wildman–Crippen LogP) is 3.38. The molecule has 2 aromatic rings. The number of hydrogen-bond donors (Lipinski definition) is 2. The van der Waals surface area contributed by atoms with E-state index in [0.717, 1.165) is 12.0 Å². The Hall–Kier alpha value is -1.88. The van der Waals surface area contributed by atoms with E-state index < -0.39 is 0 Å². The topological polar surface area (TPSA) is 54.0 Å². The molecule has 0 saturated carbocycles. The molecule has 2 amide bonds. The lowest BCUT2D eigenvalue weighted by atomic mass is 10.1. The Bertz CT molecular complexity index is 542. The van der Waals surface area contributed by atoms with E-state index in [1.165, 1.54) is 4.88 Å². The van der Waals surface area contributed by atoms with Crippen LogP contribution in [0.4, 0.5) is 4.79 Å². The van der Waals surface area contributed by atoms with Crippen molar-refractivity contribution in [3.8, 4) is 0 Å². The van der Waals surface area contributed by atoms with Crippen LogP contribution in [0.3, 0.4) is 0 Å². The molecule has 2 atom stereocenters. The second-order valence-corrected chi connectivity index (χ2v) is 6.28. The first kappa shape index (κ1) is 15.5. The second kappa shape index (κ2) is 7.78. The number of nitrogens with one attached hydrogen (secondary N) is 2. The average molecular weight is 303 g/mol. The van der Waals surface area contributed by atoms with Gasteiger partial charge in [0.05, 0.1) is 6.04 Å². The lowest BCUT2D eigenvalue weighted by Gasteiger charge is -2.16. The highest BCUT2D eigenvalue weighted by molar-refractivity contribution is 7.09. The highest BCUT2D eigenvalue weighted by Gasteiger charge is 2.10. The number of pyridine rings is 1. The standard InChI is InChI=1S/C16H21N3OS/c1-12(10-15-4-3-9-21-15)11-18-16(20)19-13(2)14-5-7-17-8-6-14/h3-9,12-13H,10-11H2,1-2H3,(H2,18,19,20). The van der Waals surface area contributed by atoms with Gasteiger partial charge in [0.1, 0.15) is 0 Å². The summed E-state index contributed by atoms with van der Waals surface area (Å²) in [5.41, 5.74) is 1.05. The molecule has 2 N–H and O–H groups in total. The fourth-order valence-corrected chi connectivity index (χ4v) is 2.96. The highest BCUT2D eigenvalue weighted by atomic mass is 32.1. The molecule has 112 valence electrons. The molecular weight excluding hydrogens is 282 g/mol. The van der Waals surface area contributed by atoms with Crippen molar-refractivity contribution in [2.45, 2.75) is 26.3 Å². The fourth-order valence-electron chi connectivity index (χ4n) is 2.09. The van der Waals surface area contributed by atoms with Crippen molar-refractivity contribution >= 4 is 17.4 Å². The molecule has 0 radical (unpaired) electrons. The summed E-state index contributed by atoms with van der Waals surface area (Å²) in [6.07, 6.45) is 4.46. The molecule has 0 aliphatic carbocycles. The summed E-state index contributed by atoms with van der Waals surface area (Å²) in [7, 11) is 0. The zero-order valence-corrected chi connectivity index (χ0v) is 13.2. The SMILES string of the molecule is CC(CNC(=O)NC(C)c1ccncc1)Cc1cccs1. The van der Waals surface area contributed by atoms with Crippen molar-refractivity contribution in [3.05, 3.63) is 52.5 Å². The third kappa shape index (κ3) is 5.19. The van der Waals surface area contributed by atoms with Crippen LogP contribution < -0.4 is 10.6 Å². The van der Waals surface area contributed by atoms with Crippen LogP contribution in [0.15, 0.2) is 42.0 Å². The summed E-state index contributed by atoms with van der Waals surface area (Å²) in [6.45, 7) is 4.78. The van der Waals surface area contributed by atoms with Gasteiger partial charge in [0, 0.05) is 23.8 Å². The van der Waals surface area contributed by atoms with Crippen molar-refractivity contribution in [3.63, 3.8) is 0 Å². The Morgan fingerprint density at radius 2 is 2.05 bits per heavy atom. The fraction of sp³-hybridized carbons (Fsp3) is 0.375. The van der Waals surface area contributed by atoms with Gasteiger partial charge in [-0.1, -0.05) is 13.0 Å². The number of carbonyl (C=O) groups is 1.